The highest BCUT2D eigenvalue weighted by atomic mass is 79.9. The Morgan fingerprint density at radius 1 is 1.37 bits per heavy atom. The van der Waals surface area contributed by atoms with Crippen molar-refractivity contribution in [3.63, 3.8) is 0 Å². The van der Waals surface area contributed by atoms with Gasteiger partial charge in [-0.25, -0.2) is 0 Å². The third kappa shape index (κ3) is 5.72. The standard InChI is InChI=1S/C14H21BrN2O2/c1-10(2)13(9-19-3)16-8-14(18)17-12-7-5-4-6-11(12)15/h4-7,10,13,16H,8-9H2,1-3H3,(H,17,18). The van der Waals surface area contributed by atoms with Crippen LogP contribution in [0.3, 0.4) is 0 Å². The number of benzene rings is 1. The van der Waals surface area contributed by atoms with Gasteiger partial charge >= 0.3 is 0 Å². The Morgan fingerprint density at radius 3 is 2.63 bits per heavy atom. The van der Waals surface area contributed by atoms with Crippen molar-refractivity contribution in [3.8, 4) is 0 Å². The average Bonchev–Trinajstić information content (AvgIpc) is 2.37. The molecule has 0 aliphatic heterocycles. The van der Waals surface area contributed by atoms with Crippen LogP contribution < -0.4 is 10.6 Å². The molecule has 0 aliphatic rings. The number of nitrogens with one attached hydrogen (secondary N) is 2. The van der Waals surface area contributed by atoms with E-state index in [4.69, 9.17) is 4.74 Å². The number of amides is 1. The lowest BCUT2D eigenvalue weighted by molar-refractivity contribution is -0.115. The summed E-state index contributed by atoms with van der Waals surface area (Å²) < 4.78 is 6.01. The molecule has 4 nitrogen and oxygen atoms in total. The summed E-state index contributed by atoms with van der Waals surface area (Å²) in [5.74, 6) is 0.352. The molecule has 19 heavy (non-hydrogen) atoms. The van der Waals surface area contributed by atoms with E-state index in [1.54, 1.807) is 7.11 Å². The van der Waals surface area contributed by atoms with Crippen molar-refractivity contribution in [2.24, 2.45) is 5.92 Å². The van der Waals surface area contributed by atoms with Crippen LogP contribution in [0.15, 0.2) is 28.7 Å². The molecule has 0 fully saturated rings. The van der Waals surface area contributed by atoms with E-state index in [1.807, 2.05) is 24.3 Å². The van der Waals surface area contributed by atoms with Gasteiger partial charge in [-0.05, 0) is 34.0 Å². The summed E-state index contributed by atoms with van der Waals surface area (Å²) in [6.07, 6.45) is 0. The number of hydrogen-bond acceptors (Lipinski definition) is 3. The van der Waals surface area contributed by atoms with Crippen LogP contribution in [0.2, 0.25) is 0 Å². The summed E-state index contributed by atoms with van der Waals surface area (Å²) in [5, 5.41) is 6.06. The monoisotopic (exact) mass is 328 g/mol. The number of hydrogen-bond donors (Lipinski definition) is 2. The molecule has 1 atom stereocenters. The number of rotatable bonds is 7. The van der Waals surface area contributed by atoms with Gasteiger partial charge in [0.15, 0.2) is 0 Å². The molecule has 0 aliphatic carbocycles. The fourth-order valence-corrected chi connectivity index (χ4v) is 2.03. The van der Waals surface area contributed by atoms with Crippen molar-refractivity contribution in [1.82, 2.24) is 5.32 Å². The van der Waals surface area contributed by atoms with Crippen LogP contribution in [0.25, 0.3) is 0 Å². The van der Waals surface area contributed by atoms with Gasteiger partial charge in [0.1, 0.15) is 0 Å². The Labute approximate surface area is 123 Å². The van der Waals surface area contributed by atoms with Crippen LogP contribution in [-0.2, 0) is 9.53 Å². The Morgan fingerprint density at radius 2 is 2.05 bits per heavy atom. The second kappa shape index (κ2) is 8.30. The number of anilines is 1. The van der Waals surface area contributed by atoms with Gasteiger partial charge in [0.05, 0.1) is 18.8 Å². The lowest BCUT2D eigenvalue weighted by atomic mass is 10.1. The van der Waals surface area contributed by atoms with Gasteiger partial charge in [0.25, 0.3) is 0 Å². The lowest BCUT2D eigenvalue weighted by Crippen LogP contribution is -2.42. The predicted molar refractivity (Wildman–Crippen MR) is 81.3 cm³/mol. The van der Waals surface area contributed by atoms with Crippen LogP contribution in [0, 0.1) is 5.92 Å². The van der Waals surface area contributed by atoms with Crippen molar-refractivity contribution < 1.29 is 9.53 Å². The number of carbonyl (C=O) groups excluding carboxylic acids is 1. The first kappa shape index (κ1) is 16.1. The quantitative estimate of drug-likeness (QED) is 0.809. The summed E-state index contributed by atoms with van der Waals surface area (Å²) in [4.78, 5) is 11.9. The number of para-hydroxylation sites is 1. The van der Waals surface area contributed by atoms with E-state index in [2.05, 4.69) is 40.4 Å². The lowest BCUT2D eigenvalue weighted by Gasteiger charge is -2.21. The van der Waals surface area contributed by atoms with E-state index in [0.29, 0.717) is 12.5 Å². The largest absolute Gasteiger partial charge is 0.383 e. The first-order valence-electron chi connectivity index (χ1n) is 6.31. The normalized spacial score (nSPS) is 12.5. The van der Waals surface area contributed by atoms with Crippen molar-refractivity contribution in [1.29, 1.82) is 0 Å². The second-order valence-electron chi connectivity index (χ2n) is 4.71. The van der Waals surface area contributed by atoms with Crippen LogP contribution in [0.4, 0.5) is 5.69 Å². The van der Waals surface area contributed by atoms with Gasteiger partial charge in [-0.15, -0.1) is 0 Å². The summed E-state index contributed by atoms with van der Waals surface area (Å²) in [6, 6.07) is 7.72. The fourth-order valence-electron chi connectivity index (χ4n) is 1.65. The highest BCUT2D eigenvalue weighted by molar-refractivity contribution is 9.10. The molecule has 1 aromatic rings. The SMILES string of the molecule is COCC(NCC(=O)Nc1ccccc1Br)C(C)C. The van der Waals surface area contributed by atoms with E-state index < -0.39 is 0 Å². The summed E-state index contributed by atoms with van der Waals surface area (Å²) in [7, 11) is 1.66. The van der Waals surface area contributed by atoms with Crippen LogP contribution in [0.5, 0.6) is 0 Å². The topological polar surface area (TPSA) is 50.4 Å². The predicted octanol–water partition coefficient (Wildman–Crippen LogP) is 2.65. The molecule has 0 heterocycles. The molecule has 1 unspecified atom stereocenters. The molecule has 0 aromatic heterocycles. The third-order valence-corrected chi connectivity index (χ3v) is 3.52. The third-order valence-electron chi connectivity index (χ3n) is 2.82. The Bertz CT molecular complexity index is 410. The minimum atomic E-state index is -0.0614. The molecule has 5 heteroatoms. The highest BCUT2D eigenvalue weighted by Crippen LogP contribution is 2.20. The first-order valence-corrected chi connectivity index (χ1v) is 7.10. The molecular formula is C14H21BrN2O2. The number of carbonyl (C=O) groups is 1. The number of halogens is 1. The second-order valence-corrected chi connectivity index (χ2v) is 5.57. The molecule has 0 saturated heterocycles. The van der Waals surface area contributed by atoms with Crippen molar-refractivity contribution in [2.75, 3.05) is 25.6 Å². The molecule has 0 spiro atoms. The van der Waals surface area contributed by atoms with Gasteiger partial charge in [-0.1, -0.05) is 26.0 Å². The number of ether oxygens (including phenoxy) is 1. The molecule has 1 aromatic carbocycles. The smallest absolute Gasteiger partial charge is 0.238 e. The number of methoxy groups -OCH3 is 1. The zero-order valence-electron chi connectivity index (χ0n) is 11.6. The van der Waals surface area contributed by atoms with Gasteiger partial charge in [0, 0.05) is 17.6 Å². The Hall–Kier alpha value is -0.910. The minimum Gasteiger partial charge on any atom is -0.383 e. The van der Waals surface area contributed by atoms with Crippen LogP contribution >= 0.6 is 15.9 Å². The van der Waals surface area contributed by atoms with Crippen LogP contribution in [0.1, 0.15) is 13.8 Å². The average molecular weight is 329 g/mol. The van der Waals surface area contributed by atoms with Gasteiger partial charge < -0.3 is 15.4 Å². The minimum absolute atomic E-state index is 0.0614. The van der Waals surface area contributed by atoms with Gasteiger partial charge in [-0.3, -0.25) is 4.79 Å². The fraction of sp³-hybridized carbons (Fsp3) is 0.500. The van der Waals surface area contributed by atoms with Crippen molar-refractivity contribution in [2.45, 2.75) is 19.9 Å². The van der Waals surface area contributed by atoms with Crippen molar-refractivity contribution in [3.05, 3.63) is 28.7 Å². The van der Waals surface area contributed by atoms with E-state index in [0.717, 1.165) is 10.2 Å². The molecule has 1 amide bonds. The molecule has 2 N–H and O–H groups in total. The van der Waals surface area contributed by atoms with Crippen molar-refractivity contribution >= 4 is 27.5 Å². The van der Waals surface area contributed by atoms with E-state index in [1.165, 1.54) is 0 Å². The maximum Gasteiger partial charge on any atom is 0.238 e. The highest BCUT2D eigenvalue weighted by Gasteiger charge is 2.14. The summed E-state index contributed by atoms with van der Waals surface area (Å²) >= 11 is 3.40. The molecule has 0 radical (unpaired) electrons. The maximum atomic E-state index is 11.9. The van der Waals surface area contributed by atoms with Gasteiger partial charge in [0.2, 0.25) is 5.91 Å². The molecule has 106 valence electrons. The van der Waals surface area contributed by atoms with Gasteiger partial charge in [-0.2, -0.15) is 0 Å². The molecular weight excluding hydrogens is 308 g/mol. The maximum absolute atomic E-state index is 11.9. The van der Waals surface area contributed by atoms with Crippen LogP contribution in [-0.4, -0.2) is 32.2 Å². The zero-order valence-corrected chi connectivity index (χ0v) is 13.2. The first-order chi connectivity index (χ1) is 9.04. The van der Waals surface area contributed by atoms with E-state index >= 15 is 0 Å². The molecule has 0 bridgehead atoms. The Balaban J connectivity index is 2.45. The summed E-state index contributed by atoms with van der Waals surface area (Å²) in [5.41, 5.74) is 0.780. The zero-order chi connectivity index (χ0) is 14.3. The Kier molecular flexibility index (Phi) is 7.05. The summed E-state index contributed by atoms with van der Waals surface area (Å²) in [6.45, 7) is 5.07. The van der Waals surface area contributed by atoms with E-state index in [9.17, 15) is 4.79 Å². The molecule has 1 rings (SSSR count). The molecule has 0 saturated carbocycles. The van der Waals surface area contributed by atoms with E-state index in [-0.39, 0.29) is 18.5 Å².